The second kappa shape index (κ2) is 6.09. The van der Waals surface area contributed by atoms with Crippen molar-refractivity contribution < 1.29 is 0 Å². The second-order valence-corrected chi connectivity index (χ2v) is 6.01. The number of piperidine rings is 1. The standard InChI is InChI=1S/C11H25N3S/c1-13(2)8-9-14-6-4-11(10-12,15-3)5-7-14/h4-10,12H2,1-3H3. The molecule has 0 aromatic heterocycles. The molecule has 15 heavy (non-hydrogen) atoms. The lowest BCUT2D eigenvalue weighted by atomic mass is 9.96. The van der Waals surface area contributed by atoms with Crippen LogP contribution in [-0.2, 0) is 0 Å². The third-order valence-corrected chi connectivity index (χ3v) is 4.88. The predicted molar refractivity (Wildman–Crippen MR) is 69.5 cm³/mol. The topological polar surface area (TPSA) is 32.5 Å². The van der Waals surface area contributed by atoms with Crippen molar-refractivity contribution in [2.24, 2.45) is 5.73 Å². The van der Waals surface area contributed by atoms with Crippen LogP contribution >= 0.6 is 11.8 Å². The molecule has 1 rings (SSSR count). The lowest BCUT2D eigenvalue weighted by Gasteiger charge is -2.40. The van der Waals surface area contributed by atoms with E-state index >= 15 is 0 Å². The summed E-state index contributed by atoms with van der Waals surface area (Å²) in [5.74, 6) is 0. The largest absolute Gasteiger partial charge is 0.329 e. The third-order valence-electron chi connectivity index (χ3n) is 3.44. The minimum absolute atomic E-state index is 0.370. The van der Waals surface area contributed by atoms with E-state index in [9.17, 15) is 0 Å². The van der Waals surface area contributed by atoms with Crippen LogP contribution in [0.15, 0.2) is 0 Å². The van der Waals surface area contributed by atoms with Crippen molar-refractivity contribution in [3.63, 3.8) is 0 Å². The van der Waals surface area contributed by atoms with Crippen molar-refractivity contribution in [1.29, 1.82) is 0 Å². The second-order valence-electron chi connectivity index (χ2n) is 4.74. The van der Waals surface area contributed by atoms with E-state index in [0.29, 0.717) is 4.75 Å². The average Bonchev–Trinajstić information content (AvgIpc) is 2.27. The zero-order valence-corrected chi connectivity index (χ0v) is 11.1. The summed E-state index contributed by atoms with van der Waals surface area (Å²) in [6, 6.07) is 0. The van der Waals surface area contributed by atoms with Gasteiger partial charge < -0.3 is 15.5 Å². The van der Waals surface area contributed by atoms with Crippen LogP contribution in [0.2, 0.25) is 0 Å². The fraction of sp³-hybridized carbons (Fsp3) is 1.00. The maximum atomic E-state index is 5.87. The van der Waals surface area contributed by atoms with Crippen LogP contribution in [0.5, 0.6) is 0 Å². The molecule has 1 heterocycles. The van der Waals surface area contributed by atoms with Crippen LogP contribution in [0.25, 0.3) is 0 Å². The Balaban J connectivity index is 2.28. The number of hydrogen-bond donors (Lipinski definition) is 1. The van der Waals surface area contributed by atoms with Crippen LogP contribution in [0.4, 0.5) is 0 Å². The third kappa shape index (κ3) is 3.94. The number of hydrogen-bond acceptors (Lipinski definition) is 4. The molecule has 0 radical (unpaired) electrons. The Morgan fingerprint density at radius 3 is 2.33 bits per heavy atom. The first kappa shape index (κ1) is 13.3. The van der Waals surface area contributed by atoms with Crippen LogP contribution in [0.1, 0.15) is 12.8 Å². The fourth-order valence-electron chi connectivity index (χ4n) is 2.02. The predicted octanol–water partition coefficient (Wildman–Crippen LogP) is 0.704. The SMILES string of the molecule is CSC1(CN)CCN(CCN(C)C)CC1. The molecule has 0 atom stereocenters. The summed E-state index contributed by atoms with van der Waals surface area (Å²) in [4.78, 5) is 4.81. The van der Waals surface area contributed by atoms with Gasteiger partial charge in [-0.15, -0.1) is 0 Å². The molecule has 1 fully saturated rings. The molecule has 0 aromatic carbocycles. The lowest BCUT2D eigenvalue weighted by Crippen LogP contribution is -2.47. The van der Waals surface area contributed by atoms with Gasteiger partial charge >= 0.3 is 0 Å². The molecule has 3 nitrogen and oxygen atoms in total. The number of likely N-dealkylation sites (tertiary alicyclic amines) is 1. The molecule has 0 unspecified atom stereocenters. The number of nitrogens with zero attached hydrogens (tertiary/aromatic N) is 2. The first-order valence-electron chi connectivity index (χ1n) is 5.74. The Morgan fingerprint density at radius 1 is 1.33 bits per heavy atom. The molecule has 1 aliphatic heterocycles. The van der Waals surface area contributed by atoms with Gasteiger partial charge in [0.25, 0.3) is 0 Å². The molecule has 1 saturated heterocycles. The molecular weight excluding hydrogens is 206 g/mol. The minimum Gasteiger partial charge on any atom is -0.329 e. The number of rotatable bonds is 5. The van der Waals surface area contributed by atoms with Gasteiger partial charge in [-0.2, -0.15) is 11.8 Å². The summed E-state index contributed by atoms with van der Waals surface area (Å²) < 4.78 is 0.370. The Labute approximate surface area is 98.4 Å². The van der Waals surface area contributed by atoms with Gasteiger partial charge in [-0.05, 0) is 46.3 Å². The van der Waals surface area contributed by atoms with Crippen molar-refractivity contribution in [3.8, 4) is 0 Å². The average molecular weight is 231 g/mol. The molecule has 1 aliphatic rings. The first-order chi connectivity index (χ1) is 7.12. The quantitative estimate of drug-likeness (QED) is 0.755. The van der Waals surface area contributed by atoms with Gasteiger partial charge in [-0.1, -0.05) is 0 Å². The number of thioether (sulfide) groups is 1. The molecule has 2 N–H and O–H groups in total. The van der Waals surface area contributed by atoms with Crippen molar-refractivity contribution in [3.05, 3.63) is 0 Å². The summed E-state index contributed by atoms with van der Waals surface area (Å²) in [7, 11) is 4.27. The molecule has 0 spiro atoms. The van der Waals surface area contributed by atoms with Crippen molar-refractivity contribution in [2.75, 3.05) is 53.1 Å². The van der Waals surface area contributed by atoms with E-state index in [-0.39, 0.29) is 0 Å². The molecule has 0 aliphatic carbocycles. The molecule has 0 amide bonds. The summed E-state index contributed by atoms with van der Waals surface area (Å²) in [5.41, 5.74) is 5.87. The van der Waals surface area contributed by atoms with Gasteiger partial charge in [-0.25, -0.2) is 0 Å². The highest BCUT2D eigenvalue weighted by Crippen LogP contribution is 2.33. The lowest BCUT2D eigenvalue weighted by molar-refractivity contribution is 0.186. The van der Waals surface area contributed by atoms with Gasteiger partial charge in [0.1, 0.15) is 0 Å². The van der Waals surface area contributed by atoms with Crippen LogP contribution in [0.3, 0.4) is 0 Å². The molecule has 0 bridgehead atoms. The molecule has 0 aromatic rings. The Kier molecular flexibility index (Phi) is 5.39. The van der Waals surface area contributed by atoms with Gasteiger partial charge in [0, 0.05) is 24.4 Å². The summed E-state index contributed by atoms with van der Waals surface area (Å²) in [6.07, 6.45) is 4.69. The summed E-state index contributed by atoms with van der Waals surface area (Å²) in [6.45, 7) is 5.62. The van der Waals surface area contributed by atoms with E-state index in [1.165, 1.54) is 32.5 Å². The first-order valence-corrected chi connectivity index (χ1v) is 6.97. The molecule has 0 saturated carbocycles. The van der Waals surface area contributed by atoms with Gasteiger partial charge in [0.2, 0.25) is 0 Å². The maximum absolute atomic E-state index is 5.87. The highest BCUT2D eigenvalue weighted by Gasteiger charge is 2.32. The zero-order chi connectivity index (χ0) is 11.3. The normalized spacial score (nSPS) is 22.2. The Hall–Kier alpha value is 0.230. The van der Waals surface area contributed by atoms with Crippen molar-refractivity contribution in [1.82, 2.24) is 9.80 Å². The number of likely N-dealkylation sites (N-methyl/N-ethyl adjacent to an activating group) is 1. The van der Waals surface area contributed by atoms with Crippen LogP contribution < -0.4 is 5.73 Å². The van der Waals surface area contributed by atoms with Gasteiger partial charge in [-0.3, -0.25) is 0 Å². The summed E-state index contributed by atoms with van der Waals surface area (Å²) in [5, 5.41) is 0. The van der Waals surface area contributed by atoms with Crippen molar-refractivity contribution >= 4 is 11.8 Å². The van der Waals surface area contributed by atoms with E-state index < -0.39 is 0 Å². The smallest absolute Gasteiger partial charge is 0.0303 e. The van der Waals surface area contributed by atoms with Crippen LogP contribution in [-0.4, -0.2) is 67.6 Å². The van der Waals surface area contributed by atoms with E-state index in [1.54, 1.807) is 0 Å². The van der Waals surface area contributed by atoms with E-state index in [0.717, 1.165) is 13.1 Å². The molecular formula is C11H25N3S. The monoisotopic (exact) mass is 231 g/mol. The van der Waals surface area contributed by atoms with E-state index in [4.69, 9.17) is 5.73 Å². The summed E-state index contributed by atoms with van der Waals surface area (Å²) >= 11 is 1.96. The van der Waals surface area contributed by atoms with Crippen molar-refractivity contribution in [2.45, 2.75) is 17.6 Å². The van der Waals surface area contributed by atoms with E-state index in [1.807, 2.05) is 11.8 Å². The highest BCUT2D eigenvalue weighted by atomic mass is 32.2. The van der Waals surface area contributed by atoms with Gasteiger partial charge in [0.05, 0.1) is 0 Å². The fourth-order valence-corrected chi connectivity index (χ4v) is 2.77. The van der Waals surface area contributed by atoms with Crippen LogP contribution in [0, 0.1) is 0 Å². The minimum atomic E-state index is 0.370. The molecule has 90 valence electrons. The van der Waals surface area contributed by atoms with E-state index in [2.05, 4.69) is 30.2 Å². The molecule has 4 heteroatoms. The maximum Gasteiger partial charge on any atom is 0.0303 e. The highest BCUT2D eigenvalue weighted by molar-refractivity contribution is 8.00. The number of nitrogens with two attached hydrogens (primary N) is 1. The Bertz CT molecular complexity index is 171. The zero-order valence-electron chi connectivity index (χ0n) is 10.3. The van der Waals surface area contributed by atoms with Gasteiger partial charge in [0.15, 0.2) is 0 Å². The Morgan fingerprint density at radius 2 is 1.93 bits per heavy atom.